The lowest BCUT2D eigenvalue weighted by Gasteiger charge is -2.31. The third-order valence-corrected chi connectivity index (χ3v) is 5.96. The molecule has 31 heavy (non-hydrogen) atoms. The zero-order valence-corrected chi connectivity index (χ0v) is 17.5. The molecule has 2 atom stereocenters. The molecule has 0 aromatic heterocycles. The Labute approximate surface area is 181 Å². The largest absolute Gasteiger partial charge is 0.497 e. The van der Waals surface area contributed by atoms with E-state index in [1.54, 1.807) is 48.4 Å². The first-order valence-corrected chi connectivity index (χ1v) is 10.5. The molecule has 0 N–H and O–H groups in total. The number of rotatable bonds is 7. The first-order valence-electron chi connectivity index (χ1n) is 10.5. The molecule has 0 saturated carbocycles. The molecule has 2 saturated heterocycles. The zero-order valence-electron chi connectivity index (χ0n) is 17.5. The van der Waals surface area contributed by atoms with Crippen LogP contribution in [0.2, 0.25) is 0 Å². The summed E-state index contributed by atoms with van der Waals surface area (Å²) in [4.78, 5) is 43.1. The minimum Gasteiger partial charge on any atom is -0.497 e. The fourth-order valence-electron chi connectivity index (χ4n) is 4.26. The topological polar surface area (TPSA) is 76.2 Å². The van der Waals surface area contributed by atoms with Crippen LogP contribution in [0.1, 0.15) is 22.0 Å². The number of amides is 1. The van der Waals surface area contributed by atoms with Gasteiger partial charge < -0.3 is 14.4 Å². The summed E-state index contributed by atoms with van der Waals surface area (Å²) in [5.74, 6) is -1.95. The van der Waals surface area contributed by atoms with Gasteiger partial charge >= 0.3 is 0 Å². The van der Waals surface area contributed by atoms with Crippen molar-refractivity contribution in [3.05, 3.63) is 65.7 Å². The van der Waals surface area contributed by atoms with Crippen molar-refractivity contribution >= 4 is 17.5 Å². The van der Waals surface area contributed by atoms with Gasteiger partial charge in [-0.1, -0.05) is 42.5 Å². The number of nitrogens with zero attached hydrogens (tertiary/aromatic N) is 2. The van der Waals surface area contributed by atoms with E-state index in [9.17, 15) is 14.4 Å². The number of carbonyl (C=O) groups is 3. The number of hydrogen-bond acceptors (Lipinski definition) is 6. The fraction of sp³-hybridized carbons (Fsp3) is 0.375. The average Bonchev–Trinajstić information content (AvgIpc) is 3.08. The van der Waals surface area contributed by atoms with Gasteiger partial charge in [-0.05, 0) is 17.7 Å². The molecule has 1 amide bonds. The van der Waals surface area contributed by atoms with Crippen LogP contribution in [-0.4, -0.2) is 73.8 Å². The quantitative estimate of drug-likeness (QED) is 0.386. The summed E-state index contributed by atoms with van der Waals surface area (Å²) < 4.78 is 10.6. The highest BCUT2D eigenvalue weighted by atomic mass is 16.5. The normalized spacial score (nSPS) is 22.0. The monoisotopic (exact) mass is 422 g/mol. The molecule has 7 heteroatoms. The van der Waals surface area contributed by atoms with Gasteiger partial charge in [-0.3, -0.25) is 19.3 Å². The smallest absolute Gasteiger partial charge is 0.291 e. The number of likely N-dealkylation sites (tertiary alicyclic amines) is 1. The molecule has 2 aromatic rings. The van der Waals surface area contributed by atoms with E-state index in [-0.39, 0.29) is 5.78 Å². The number of hydrogen-bond donors (Lipinski definition) is 0. The van der Waals surface area contributed by atoms with Gasteiger partial charge in [0.1, 0.15) is 11.7 Å². The maximum absolute atomic E-state index is 13.3. The van der Waals surface area contributed by atoms with Crippen molar-refractivity contribution < 1.29 is 23.9 Å². The van der Waals surface area contributed by atoms with Crippen LogP contribution in [0.25, 0.3) is 0 Å². The van der Waals surface area contributed by atoms with Gasteiger partial charge in [-0.15, -0.1) is 0 Å². The predicted molar refractivity (Wildman–Crippen MR) is 114 cm³/mol. The molecule has 0 radical (unpaired) electrons. The molecule has 2 heterocycles. The molecule has 2 fully saturated rings. The lowest BCUT2D eigenvalue weighted by Crippen LogP contribution is -2.42. The minimum atomic E-state index is -1.06. The molecule has 2 aliphatic rings. The zero-order chi connectivity index (χ0) is 21.8. The average molecular weight is 422 g/mol. The van der Waals surface area contributed by atoms with Crippen molar-refractivity contribution in [2.75, 3.05) is 46.5 Å². The van der Waals surface area contributed by atoms with E-state index in [1.807, 2.05) is 18.2 Å². The SMILES string of the molecule is COc1ccc(C2C(C(=O)c3ccccc3)C(=O)C(=O)N2CCN2CCOCC2)cc1. The van der Waals surface area contributed by atoms with E-state index in [1.165, 1.54) is 0 Å². The van der Waals surface area contributed by atoms with Crippen LogP contribution >= 0.6 is 0 Å². The van der Waals surface area contributed by atoms with E-state index < -0.39 is 23.7 Å². The van der Waals surface area contributed by atoms with Gasteiger partial charge in [0.05, 0.1) is 26.4 Å². The van der Waals surface area contributed by atoms with Gasteiger partial charge in [-0.25, -0.2) is 0 Å². The second-order valence-electron chi connectivity index (χ2n) is 7.74. The summed E-state index contributed by atoms with van der Waals surface area (Å²) in [5.41, 5.74) is 1.18. The molecule has 0 bridgehead atoms. The van der Waals surface area contributed by atoms with Crippen molar-refractivity contribution in [1.29, 1.82) is 0 Å². The highest BCUT2D eigenvalue weighted by Crippen LogP contribution is 2.38. The molecule has 7 nitrogen and oxygen atoms in total. The molecular formula is C24H26N2O5. The van der Waals surface area contributed by atoms with Crippen LogP contribution in [0.3, 0.4) is 0 Å². The van der Waals surface area contributed by atoms with Crippen LogP contribution < -0.4 is 4.74 Å². The number of benzene rings is 2. The van der Waals surface area contributed by atoms with E-state index >= 15 is 0 Å². The highest BCUT2D eigenvalue weighted by molar-refractivity contribution is 6.44. The van der Waals surface area contributed by atoms with E-state index in [2.05, 4.69) is 4.90 Å². The Hall–Kier alpha value is -3.03. The van der Waals surface area contributed by atoms with E-state index in [0.717, 1.165) is 18.7 Å². The Kier molecular flexibility index (Phi) is 6.44. The van der Waals surface area contributed by atoms with Crippen molar-refractivity contribution in [2.45, 2.75) is 6.04 Å². The maximum atomic E-state index is 13.3. The lowest BCUT2D eigenvalue weighted by molar-refractivity contribution is -0.141. The van der Waals surface area contributed by atoms with Gasteiger partial charge in [0.2, 0.25) is 5.78 Å². The molecule has 0 spiro atoms. The van der Waals surface area contributed by atoms with Crippen LogP contribution in [0.5, 0.6) is 5.75 Å². The Morgan fingerprint density at radius 2 is 1.68 bits per heavy atom. The second kappa shape index (κ2) is 9.41. The summed E-state index contributed by atoms with van der Waals surface area (Å²) in [7, 11) is 1.58. The van der Waals surface area contributed by atoms with Gasteiger partial charge in [-0.2, -0.15) is 0 Å². The Morgan fingerprint density at radius 1 is 1.00 bits per heavy atom. The summed E-state index contributed by atoms with van der Waals surface area (Å²) in [6.45, 7) is 3.89. The Balaban J connectivity index is 1.65. The standard InChI is InChI=1S/C24H26N2O5/c1-30-19-9-7-17(8-10-19)21-20(22(27)18-5-3-2-4-6-18)23(28)24(29)26(21)12-11-25-13-15-31-16-14-25/h2-10,20-21H,11-16H2,1H3. The lowest BCUT2D eigenvalue weighted by atomic mass is 9.86. The van der Waals surface area contributed by atoms with Gasteiger partial charge in [0.25, 0.3) is 5.91 Å². The maximum Gasteiger partial charge on any atom is 0.291 e. The van der Waals surface area contributed by atoms with E-state index in [4.69, 9.17) is 9.47 Å². The summed E-state index contributed by atoms with van der Waals surface area (Å²) in [6.07, 6.45) is 0. The van der Waals surface area contributed by atoms with Crippen molar-refractivity contribution in [3.8, 4) is 5.75 Å². The van der Waals surface area contributed by atoms with Crippen LogP contribution in [-0.2, 0) is 14.3 Å². The molecule has 162 valence electrons. The third kappa shape index (κ3) is 4.38. The molecule has 2 aromatic carbocycles. The third-order valence-electron chi connectivity index (χ3n) is 5.96. The molecule has 4 rings (SSSR count). The second-order valence-corrected chi connectivity index (χ2v) is 7.74. The molecule has 2 unspecified atom stereocenters. The molecule has 0 aliphatic carbocycles. The number of carbonyl (C=O) groups excluding carboxylic acids is 3. The number of methoxy groups -OCH3 is 1. The van der Waals surface area contributed by atoms with Crippen LogP contribution in [0.15, 0.2) is 54.6 Å². The van der Waals surface area contributed by atoms with Crippen molar-refractivity contribution in [2.24, 2.45) is 5.92 Å². The number of ketones is 2. The van der Waals surface area contributed by atoms with Crippen LogP contribution in [0.4, 0.5) is 0 Å². The van der Waals surface area contributed by atoms with Gasteiger partial charge in [0.15, 0.2) is 5.78 Å². The van der Waals surface area contributed by atoms with Gasteiger partial charge in [0, 0.05) is 31.7 Å². The van der Waals surface area contributed by atoms with E-state index in [0.29, 0.717) is 37.6 Å². The predicted octanol–water partition coefficient (Wildman–Crippen LogP) is 1.98. The molecule has 2 aliphatic heterocycles. The summed E-state index contributed by atoms with van der Waals surface area (Å²) >= 11 is 0. The summed E-state index contributed by atoms with van der Waals surface area (Å²) in [5, 5.41) is 0. The first-order chi connectivity index (χ1) is 15.1. The fourth-order valence-corrected chi connectivity index (χ4v) is 4.26. The van der Waals surface area contributed by atoms with Crippen molar-refractivity contribution in [3.63, 3.8) is 0 Å². The Bertz CT molecular complexity index is 938. The highest BCUT2D eigenvalue weighted by Gasteiger charge is 2.51. The summed E-state index contributed by atoms with van der Waals surface area (Å²) in [6, 6.07) is 15.3. The first kappa shape index (κ1) is 21.2. The van der Waals surface area contributed by atoms with Crippen LogP contribution in [0, 0.1) is 5.92 Å². The number of ether oxygens (including phenoxy) is 2. The molecular weight excluding hydrogens is 396 g/mol. The number of Topliss-reactive ketones (excluding diaryl/α,β-unsaturated/α-hetero) is 2. The minimum absolute atomic E-state index is 0.325. The van der Waals surface area contributed by atoms with Crippen molar-refractivity contribution in [1.82, 2.24) is 9.80 Å². The number of morpholine rings is 1. The Morgan fingerprint density at radius 3 is 2.32 bits per heavy atom.